The maximum atomic E-state index is 12.5. The van der Waals surface area contributed by atoms with Gasteiger partial charge in [0.1, 0.15) is 0 Å². The van der Waals surface area contributed by atoms with Crippen molar-refractivity contribution in [1.82, 2.24) is 10.2 Å². The second-order valence-corrected chi connectivity index (χ2v) is 7.65. The Morgan fingerprint density at radius 2 is 1.70 bits per heavy atom. The van der Waals surface area contributed by atoms with Gasteiger partial charge in [0.05, 0.1) is 20.3 Å². The first-order valence-corrected chi connectivity index (χ1v) is 10.3. The molecular weight excluding hydrogens is 380 g/mol. The summed E-state index contributed by atoms with van der Waals surface area (Å²) in [5, 5.41) is 5.91. The molecule has 0 aliphatic carbocycles. The van der Waals surface area contributed by atoms with Crippen LogP contribution in [-0.4, -0.2) is 58.9 Å². The van der Waals surface area contributed by atoms with Crippen LogP contribution in [0.4, 0.5) is 16.2 Å². The molecular formula is C23H32N4O3. The van der Waals surface area contributed by atoms with Crippen LogP contribution in [0.3, 0.4) is 0 Å². The van der Waals surface area contributed by atoms with Crippen molar-refractivity contribution in [2.24, 2.45) is 0 Å². The summed E-state index contributed by atoms with van der Waals surface area (Å²) in [7, 11) is 7.23. The fourth-order valence-corrected chi connectivity index (χ4v) is 3.78. The summed E-state index contributed by atoms with van der Waals surface area (Å²) in [6.45, 7) is 2.65. The lowest BCUT2D eigenvalue weighted by Gasteiger charge is -2.28. The third-order valence-corrected chi connectivity index (χ3v) is 5.47. The quantitative estimate of drug-likeness (QED) is 0.692. The molecule has 2 aromatic rings. The molecule has 7 nitrogen and oxygen atoms in total. The Morgan fingerprint density at radius 1 is 1.03 bits per heavy atom. The van der Waals surface area contributed by atoms with Crippen molar-refractivity contribution in [3.8, 4) is 11.5 Å². The molecule has 2 amide bonds. The van der Waals surface area contributed by atoms with Crippen LogP contribution in [0.1, 0.15) is 24.4 Å². The van der Waals surface area contributed by atoms with E-state index in [-0.39, 0.29) is 12.1 Å². The van der Waals surface area contributed by atoms with Crippen molar-refractivity contribution in [2.45, 2.75) is 18.9 Å². The number of rotatable bonds is 8. The summed E-state index contributed by atoms with van der Waals surface area (Å²) < 4.78 is 10.5. The number of urea groups is 1. The number of anilines is 2. The number of nitrogens with one attached hydrogen (secondary N) is 2. The number of methoxy groups -OCH3 is 2. The van der Waals surface area contributed by atoms with E-state index in [0.717, 1.165) is 18.8 Å². The Bertz CT molecular complexity index is 833. The molecule has 1 heterocycles. The molecule has 0 radical (unpaired) electrons. The van der Waals surface area contributed by atoms with Crippen LogP contribution < -0.4 is 25.0 Å². The summed E-state index contributed by atoms with van der Waals surface area (Å²) in [4.78, 5) is 17.1. The Kier molecular flexibility index (Phi) is 7.41. The Labute approximate surface area is 179 Å². The molecule has 1 aliphatic heterocycles. The average Bonchev–Trinajstić information content (AvgIpc) is 3.28. The topological polar surface area (TPSA) is 66.1 Å². The highest BCUT2D eigenvalue weighted by molar-refractivity contribution is 5.89. The molecule has 2 aromatic carbocycles. The van der Waals surface area contributed by atoms with E-state index < -0.39 is 0 Å². The van der Waals surface area contributed by atoms with Gasteiger partial charge in [-0.1, -0.05) is 12.1 Å². The van der Waals surface area contributed by atoms with Gasteiger partial charge in [0.25, 0.3) is 0 Å². The summed E-state index contributed by atoms with van der Waals surface area (Å²) in [5.41, 5.74) is 3.03. The lowest BCUT2D eigenvalue weighted by Crippen LogP contribution is -2.38. The second-order valence-electron chi connectivity index (χ2n) is 7.65. The minimum Gasteiger partial charge on any atom is -0.493 e. The summed E-state index contributed by atoms with van der Waals surface area (Å²) >= 11 is 0. The van der Waals surface area contributed by atoms with Gasteiger partial charge in [0.15, 0.2) is 11.5 Å². The van der Waals surface area contributed by atoms with Crippen molar-refractivity contribution >= 4 is 17.4 Å². The zero-order valence-electron chi connectivity index (χ0n) is 18.3. The van der Waals surface area contributed by atoms with Gasteiger partial charge in [0.2, 0.25) is 0 Å². The molecule has 0 bridgehead atoms. The fraction of sp³-hybridized carbons (Fsp3) is 0.435. The average molecular weight is 413 g/mol. The van der Waals surface area contributed by atoms with Crippen molar-refractivity contribution in [1.29, 1.82) is 0 Å². The highest BCUT2D eigenvalue weighted by Gasteiger charge is 2.24. The number of hydrogen-bond acceptors (Lipinski definition) is 5. The van der Waals surface area contributed by atoms with Crippen molar-refractivity contribution in [2.75, 3.05) is 58.2 Å². The van der Waals surface area contributed by atoms with Crippen molar-refractivity contribution in [3.05, 3.63) is 48.0 Å². The first-order chi connectivity index (χ1) is 14.5. The number of nitrogens with zero attached hydrogens (tertiary/aromatic N) is 2. The lowest BCUT2D eigenvalue weighted by atomic mass is 10.0. The minimum atomic E-state index is -0.240. The van der Waals surface area contributed by atoms with Gasteiger partial charge in [-0.05, 0) is 55.8 Å². The fourth-order valence-electron chi connectivity index (χ4n) is 3.78. The van der Waals surface area contributed by atoms with Crippen LogP contribution >= 0.6 is 0 Å². The molecule has 1 fully saturated rings. The molecule has 1 atom stereocenters. The largest absolute Gasteiger partial charge is 0.493 e. The first kappa shape index (κ1) is 21.8. The maximum Gasteiger partial charge on any atom is 0.319 e. The smallest absolute Gasteiger partial charge is 0.319 e. The number of likely N-dealkylation sites (tertiary alicyclic amines) is 1. The van der Waals surface area contributed by atoms with Crippen LogP contribution in [-0.2, 0) is 0 Å². The molecule has 3 rings (SSSR count). The lowest BCUT2D eigenvalue weighted by molar-refractivity contribution is 0.227. The summed E-state index contributed by atoms with van der Waals surface area (Å²) in [5.74, 6) is 1.20. The molecule has 0 aromatic heterocycles. The minimum absolute atomic E-state index is 0.153. The molecule has 162 valence electrons. The molecule has 1 saturated heterocycles. The monoisotopic (exact) mass is 412 g/mol. The summed E-state index contributed by atoms with van der Waals surface area (Å²) in [6, 6.07) is 13.8. The summed E-state index contributed by atoms with van der Waals surface area (Å²) in [6.07, 6.45) is 2.40. The van der Waals surface area contributed by atoms with Crippen molar-refractivity contribution < 1.29 is 14.3 Å². The van der Waals surface area contributed by atoms with E-state index in [9.17, 15) is 4.79 Å². The van der Waals surface area contributed by atoms with Gasteiger partial charge in [0, 0.05) is 38.1 Å². The predicted molar refractivity (Wildman–Crippen MR) is 121 cm³/mol. The third kappa shape index (κ3) is 5.36. The second kappa shape index (κ2) is 10.2. The van der Waals surface area contributed by atoms with Crippen LogP contribution in [0.5, 0.6) is 11.5 Å². The van der Waals surface area contributed by atoms with Crippen LogP contribution in [0, 0.1) is 0 Å². The highest BCUT2D eigenvalue weighted by Crippen LogP contribution is 2.30. The number of carbonyl (C=O) groups excluding carboxylic acids is 1. The van der Waals surface area contributed by atoms with Crippen LogP contribution in [0.2, 0.25) is 0 Å². The maximum absolute atomic E-state index is 12.5. The highest BCUT2D eigenvalue weighted by atomic mass is 16.5. The van der Waals surface area contributed by atoms with E-state index in [1.54, 1.807) is 32.4 Å². The number of carbonyl (C=O) groups is 1. The van der Waals surface area contributed by atoms with E-state index in [4.69, 9.17) is 9.47 Å². The van der Waals surface area contributed by atoms with Gasteiger partial charge in [-0.3, -0.25) is 4.90 Å². The van der Waals surface area contributed by atoms with E-state index in [1.807, 2.05) is 14.1 Å². The predicted octanol–water partition coefficient (Wildman–Crippen LogP) is 3.73. The van der Waals surface area contributed by atoms with Gasteiger partial charge in [-0.25, -0.2) is 4.79 Å². The van der Waals surface area contributed by atoms with E-state index in [0.29, 0.717) is 23.7 Å². The van der Waals surface area contributed by atoms with E-state index in [2.05, 4.69) is 44.7 Å². The molecule has 0 saturated carbocycles. The zero-order chi connectivity index (χ0) is 21.5. The number of ether oxygens (including phenoxy) is 2. The third-order valence-electron chi connectivity index (χ3n) is 5.47. The Morgan fingerprint density at radius 3 is 2.30 bits per heavy atom. The Hall–Kier alpha value is -2.93. The number of benzene rings is 2. The first-order valence-electron chi connectivity index (χ1n) is 10.3. The molecule has 2 N–H and O–H groups in total. The molecule has 7 heteroatoms. The van der Waals surface area contributed by atoms with Gasteiger partial charge in [-0.2, -0.15) is 0 Å². The van der Waals surface area contributed by atoms with Crippen LogP contribution in [0.25, 0.3) is 0 Å². The molecule has 1 unspecified atom stereocenters. The normalized spacial score (nSPS) is 14.8. The van der Waals surface area contributed by atoms with Gasteiger partial charge >= 0.3 is 6.03 Å². The zero-order valence-corrected chi connectivity index (χ0v) is 18.3. The number of amides is 2. The van der Waals surface area contributed by atoms with Gasteiger partial charge < -0.3 is 25.0 Å². The van der Waals surface area contributed by atoms with Crippen LogP contribution in [0.15, 0.2) is 42.5 Å². The molecule has 30 heavy (non-hydrogen) atoms. The number of hydrogen-bond donors (Lipinski definition) is 2. The SMILES string of the molecule is COc1ccc(NC(=O)NCC(c2ccc(N(C)C)cc2)N2CCCC2)cc1OC. The Balaban J connectivity index is 1.65. The van der Waals surface area contributed by atoms with Crippen molar-refractivity contribution in [3.63, 3.8) is 0 Å². The molecule has 1 aliphatic rings. The van der Waals surface area contributed by atoms with Gasteiger partial charge in [-0.15, -0.1) is 0 Å². The van der Waals surface area contributed by atoms with E-state index >= 15 is 0 Å². The molecule has 0 spiro atoms. The van der Waals surface area contributed by atoms with E-state index in [1.165, 1.54) is 18.4 Å². The standard InChI is InChI=1S/C23H32N4O3/c1-26(2)19-10-7-17(8-11-19)20(27-13-5-6-14-27)16-24-23(28)25-18-9-12-21(29-3)22(15-18)30-4/h7-12,15,20H,5-6,13-14,16H2,1-4H3,(H2,24,25,28).